The highest BCUT2D eigenvalue weighted by Gasteiger charge is 2.36. The zero-order valence-corrected chi connectivity index (χ0v) is 16.8. The quantitative estimate of drug-likeness (QED) is 0.484. The van der Waals surface area contributed by atoms with E-state index < -0.39 is 24.3 Å². The van der Waals surface area contributed by atoms with Gasteiger partial charge in [0.2, 0.25) is 0 Å². The Kier molecular flexibility index (Phi) is 4.87. The molecule has 8 nitrogen and oxygen atoms in total. The van der Waals surface area contributed by atoms with Crippen molar-refractivity contribution < 1.29 is 13.2 Å². The molecule has 0 bridgehead atoms. The largest absolute Gasteiger partial charge is 0.406 e. The molecule has 4 aromatic rings. The molecule has 32 heavy (non-hydrogen) atoms. The number of rotatable bonds is 4. The summed E-state index contributed by atoms with van der Waals surface area (Å²) in [7, 11) is 0. The zero-order valence-electron chi connectivity index (χ0n) is 16.8. The Morgan fingerprint density at radius 1 is 1.06 bits per heavy atom. The first kappa shape index (κ1) is 20.2. The summed E-state index contributed by atoms with van der Waals surface area (Å²) in [4.78, 5) is 28.2. The van der Waals surface area contributed by atoms with Crippen molar-refractivity contribution in [3.8, 4) is 5.82 Å². The van der Waals surface area contributed by atoms with Crippen molar-refractivity contribution in [3.63, 3.8) is 0 Å². The molecule has 3 aromatic heterocycles. The average Bonchev–Trinajstić information content (AvgIpc) is 3.47. The molecule has 164 valence electrons. The van der Waals surface area contributed by atoms with E-state index in [4.69, 9.17) is 0 Å². The molecule has 0 saturated carbocycles. The van der Waals surface area contributed by atoms with Crippen molar-refractivity contribution in [3.05, 3.63) is 71.3 Å². The van der Waals surface area contributed by atoms with Gasteiger partial charge in [-0.05, 0) is 31.0 Å². The number of hydrogen-bond donors (Lipinski definition) is 0. The van der Waals surface area contributed by atoms with Gasteiger partial charge in [-0.25, -0.2) is 14.6 Å². The lowest BCUT2D eigenvalue weighted by atomic mass is 10.1. The first-order valence-electron chi connectivity index (χ1n) is 10.1. The van der Waals surface area contributed by atoms with Gasteiger partial charge in [0, 0.05) is 18.9 Å². The molecular formula is C21H18F3N7O. The molecule has 1 aliphatic heterocycles. The SMILES string of the molecule is O=c1c2ccccc2nc(C2CCCN2c2cncc(-n3cccn3)n2)n1CC(F)(F)F. The van der Waals surface area contributed by atoms with Gasteiger partial charge >= 0.3 is 6.18 Å². The Bertz CT molecular complexity index is 1320. The van der Waals surface area contributed by atoms with Crippen molar-refractivity contribution in [2.45, 2.75) is 31.6 Å². The van der Waals surface area contributed by atoms with Crippen LogP contribution in [0.5, 0.6) is 0 Å². The van der Waals surface area contributed by atoms with Crippen LogP contribution in [0.15, 0.2) is 59.9 Å². The van der Waals surface area contributed by atoms with Crippen molar-refractivity contribution in [2.75, 3.05) is 11.4 Å². The minimum Gasteiger partial charge on any atom is -0.345 e. The maximum absolute atomic E-state index is 13.4. The lowest BCUT2D eigenvalue weighted by Crippen LogP contribution is -2.36. The molecular weight excluding hydrogens is 423 g/mol. The highest BCUT2D eigenvalue weighted by atomic mass is 19.4. The highest BCUT2D eigenvalue weighted by molar-refractivity contribution is 5.77. The fourth-order valence-electron chi connectivity index (χ4n) is 4.08. The van der Waals surface area contributed by atoms with Crippen molar-refractivity contribution in [2.24, 2.45) is 0 Å². The maximum Gasteiger partial charge on any atom is 0.406 e. The molecule has 1 saturated heterocycles. The first-order valence-corrected chi connectivity index (χ1v) is 10.1. The number of halogens is 3. The number of hydrogen-bond acceptors (Lipinski definition) is 6. The minimum atomic E-state index is -4.56. The lowest BCUT2D eigenvalue weighted by Gasteiger charge is -2.27. The third-order valence-corrected chi connectivity index (χ3v) is 5.42. The summed E-state index contributed by atoms with van der Waals surface area (Å²) >= 11 is 0. The predicted octanol–water partition coefficient (Wildman–Crippen LogP) is 3.28. The lowest BCUT2D eigenvalue weighted by molar-refractivity contribution is -0.141. The predicted molar refractivity (Wildman–Crippen MR) is 111 cm³/mol. The maximum atomic E-state index is 13.4. The second-order valence-corrected chi connectivity index (χ2v) is 7.53. The van der Waals surface area contributed by atoms with E-state index in [9.17, 15) is 18.0 Å². The van der Waals surface area contributed by atoms with Gasteiger partial charge in [-0.1, -0.05) is 12.1 Å². The third kappa shape index (κ3) is 3.70. The van der Waals surface area contributed by atoms with E-state index in [1.807, 2.05) is 4.90 Å². The summed E-state index contributed by atoms with van der Waals surface area (Å²) < 4.78 is 42.5. The molecule has 1 unspecified atom stereocenters. The van der Waals surface area contributed by atoms with Gasteiger partial charge in [-0.2, -0.15) is 18.3 Å². The Morgan fingerprint density at radius 2 is 1.88 bits per heavy atom. The van der Waals surface area contributed by atoms with Gasteiger partial charge < -0.3 is 4.90 Å². The number of para-hydroxylation sites is 1. The molecule has 11 heteroatoms. The van der Waals surface area contributed by atoms with Gasteiger partial charge in [0.15, 0.2) is 5.82 Å². The first-order chi connectivity index (χ1) is 15.4. The van der Waals surface area contributed by atoms with Crippen molar-refractivity contribution in [1.29, 1.82) is 0 Å². The molecule has 0 radical (unpaired) electrons. The Balaban J connectivity index is 1.62. The van der Waals surface area contributed by atoms with E-state index in [-0.39, 0.29) is 11.2 Å². The van der Waals surface area contributed by atoms with Crippen LogP contribution in [-0.2, 0) is 6.54 Å². The van der Waals surface area contributed by atoms with E-state index in [0.717, 1.165) is 4.57 Å². The van der Waals surface area contributed by atoms with Crippen molar-refractivity contribution >= 4 is 16.7 Å². The van der Waals surface area contributed by atoms with Crippen LogP contribution < -0.4 is 10.5 Å². The molecule has 0 amide bonds. The van der Waals surface area contributed by atoms with E-state index in [2.05, 4.69) is 20.1 Å². The molecule has 1 atom stereocenters. The molecule has 4 heterocycles. The Labute approximate surface area is 180 Å². The van der Waals surface area contributed by atoms with Gasteiger partial charge in [-0.3, -0.25) is 14.3 Å². The van der Waals surface area contributed by atoms with Crippen LogP contribution in [0, 0.1) is 0 Å². The number of benzene rings is 1. The Morgan fingerprint density at radius 3 is 2.66 bits per heavy atom. The number of nitrogens with zero attached hydrogens (tertiary/aromatic N) is 7. The summed E-state index contributed by atoms with van der Waals surface area (Å²) in [5.74, 6) is 1.05. The van der Waals surface area contributed by atoms with Gasteiger partial charge in [0.05, 0.1) is 29.3 Å². The smallest absolute Gasteiger partial charge is 0.345 e. The van der Waals surface area contributed by atoms with Crippen LogP contribution >= 0.6 is 0 Å². The van der Waals surface area contributed by atoms with Gasteiger partial charge in [0.1, 0.15) is 18.2 Å². The van der Waals surface area contributed by atoms with Crippen molar-refractivity contribution in [1.82, 2.24) is 29.3 Å². The van der Waals surface area contributed by atoms with E-state index in [1.165, 1.54) is 6.07 Å². The molecule has 1 aliphatic rings. The minimum absolute atomic E-state index is 0.0785. The topological polar surface area (TPSA) is 81.7 Å². The van der Waals surface area contributed by atoms with E-state index >= 15 is 0 Å². The average molecular weight is 441 g/mol. The van der Waals surface area contributed by atoms with Crippen LogP contribution in [0.3, 0.4) is 0 Å². The number of aromatic nitrogens is 6. The monoisotopic (exact) mass is 441 g/mol. The van der Waals surface area contributed by atoms with Gasteiger partial charge in [0.25, 0.3) is 5.56 Å². The summed E-state index contributed by atoms with van der Waals surface area (Å²) in [6.07, 6.45) is 3.13. The summed E-state index contributed by atoms with van der Waals surface area (Å²) in [6, 6.07) is 7.65. The summed E-state index contributed by atoms with van der Waals surface area (Å²) in [5, 5.41) is 4.30. The van der Waals surface area contributed by atoms with Crippen LogP contribution in [0.1, 0.15) is 24.7 Å². The molecule has 1 fully saturated rings. The fourth-order valence-corrected chi connectivity index (χ4v) is 4.08. The van der Waals surface area contributed by atoms with Crippen LogP contribution in [-0.4, -0.2) is 42.0 Å². The standard InChI is InChI=1S/C21H18F3N7O/c22-21(23,24)13-30-19(27-15-6-2-1-5-14(15)20(30)32)16-7-3-9-29(16)17-11-25-12-18(28-17)31-10-4-8-26-31/h1-2,4-6,8,10-12,16H,3,7,9,13H2. The normalized spacial score (nSPS) is 16.7. The fraction of sp³-hybridized carbons (Fsp3) is 0.286. The molecule has 1 aromatic carbocycles. The van der Waals surface area contributed by atoms with Crippen LogP contribution in [0.2, 0.25) is 0 Å². The molecule has 0 spiro atoms. The van der Waals surface area contributed by atoms with Gasteiger partial charge in [-0.15, -0.1) is 0 Å². The second-order valence-electron chi connectivity index (χ2n) is 7.53. The highest BCUT2D eigenvalue weighted by Crippen LogP contribution is 2.35. The van der Waals surface area contributed by atoms with E-state index in [0.29, 0.717) is 36.5 Å². The number of fused-ring (bicyclic) bond motifs is 1. The van der Waals surface area contributed by atoms with Crippen LogP contribution in [0.4, 0.5) is 19.0 Å². The third-order valence-electron chi connectivity index (χ3n) is 5.42. The van der Waals surface area contributed by atoms with Crippen LogP contribution in [0.25, 0.3) is 16.7 Å². The summed E-state index contributed by atoms with van der Waals surface area (Å²) in [6.45, 7) is -0.848. The Hall–Kier alpha value is -3.76. The number of anilines is 1. The zero-order chi connectivity index (χ0) is 22.3. The molecule has 0 N–H and O–H groups in total. The number of alkyl halides is 3. The van der Waals surface area contributed by atoms with E-state index in [1.54, 1.807) is 53.7 Å². The summed E-state index contributed by atoms with van der Waals surface area (Å²) in [5.41, 5.74) is -0.333. The molecule has 5 rings (SSSR count). The molecule has 0 aliphatic carbocycles. The second kappa shape index (κ2) is 7.74.